The number of hydrogen-bond donors (Lipinski definition) is 0. The molecule has 0 spiro atoms. The molecule has 0 atom stereocenters. The fraction of sp³-hybridized carbons (Fsp3) is 0.500. The number of nitrogens with zero attached hydrogens (tertiary/aromatic N) is 1. The van der Waals surface area contributed by atoms with Gasteiger partial charge in [0.05, 0.1) is 0 Å². The molecule has 0 aliphatic heterocycles. The maximum Gasteiger partial charge on any atom is 0.0434 e. The molecule has 1 aromatic rings. The summed E-state index contributed by atoms with van der Waals surface area (Å²) in [5.74, 6) is 1.42. The van der Waals surface area contributed by atoms with Crippen molar-refractivity contribution in [1.29, 1.82) is 0 Å². The van der Waals surface area contributed by atoms with Crippen molar-refractivity contribution >= 4 is 15.9 Å². The van der Waals surface area contributed by atoms with Gasteiger partial charge in [0.25, 0.3) is 0 Å². The molecule has 0 N–H and O–H groups in total. The molecular weight excluding hydrogens is 310 g/mol. The first kappa shape index (κ1) is 15.5. The molecule has 1 aliphatic rings. The first-order valence-corrected chi connectivity index (χ1v) is 8.58. The van der Waals surface area contributed by atoms with Gasteiger partial charge in [0.2, 0.25) is 0 Å². The van der Waals surface area contributed by atoms with E-state index in [2.05, 4.69) is 59.4 Å². The minimum Gasteiger partial charge on any atom is -0.261 e. The fourth-order valence-electron chi connectivity index (χ4n) is 2.95. The van der Waals surface area contributed by atoms with E-state index in [0.29, 0.717) is 5.92 Å². The lowest BCUT2D eigenvalue weighted by Gasteiger charge is -2.26. The van der Waals surface area contributed by atoms with Gasteiger partial charge in [-0.15, -0.1) is 0 Å². The molecular formula is C18H24BrN. The summed E-state index contributed by atoms with van der Waals surface area (Å²) in [6, 6.07) is 4.51. The Bertz CT molecular complexity index is 439. The van der Waals surface area contributed by atoms with Crippen molar-refractivity contribution in [2.24, 2.45) is 5.92 Å². The molecule has 1 aromatic heterocycles. The standard InChI is InChI=1S/C18H24BrN/c1-2-3-4-5-16-8-11-18(20-14-16)17-9-6-15(7-10-17)12-13-19/h2-3,8,11-15,17H,4-7,9-10H2,1H3/b3-2+,13-12+. The Labute approximate surface area is 131 Å². The van der Waals surface area contributed by atoms with Gasteiger partial charge >= 0.3 is 0 Å². The average molecular weight is 334 g/mol. The molecule has 0 amide bonds. The van der Waals surface area contributed by atoms with Gasteiger partial charge in [0.1, 0.15) is 0 Å². The lowest BCUT2D eigenvalue weighted by Crippen LogP contribution is -2.12. The summed E-state index contributed by atoms with van der Waals surface area (Å²) in [4.78, 5) is 6.71. The third kappa shape index (κ3) is 4.59. The Hall–Kier alpha value is -0.890. The van der Waals surface area contributed by atoms with Crippen LogP contribution in [0.15, 0.2) is 41.5 Å². The van der Waals surface area contributed by atoms with Crippen molar-refractivity contribution in [3.63, 3.8) is 0 Å². The van der Waals surface area contributed by atoms with Crippen LogP contribution < -0.4 is 0 Å². The minimum absolute atomic E-state index is 0.666. The first-order chi connectivity index (χ1) is 9.83. The number of aromatic nitrogens is 1. The summed E-state index contributed by atoms with van der Waals surface area (Å²) < 4.78 is 0. The van der Waals surface area contributed by atoms with E-state index in [1.165, 1.54) is 36.9 Å². The lowest BCUT2D eigenvalue weighted by atomic mass is 9.80. The SMILES string of the molecule is C/C=C/CCc1ccc(C2CCC(/C=C/Br)CC2)nc1. The predicted molar refractivity (Wildman–Crippen MR) is 90.1 cm³/mol. The molecule has 1 heterocycles. The summed E-state index contributed by atoms with van der Waals surface area (Å²) in [5, 5.41) is 0. The normalized spacial score (nSPS) is 23.7. The highest BCUT2D eigenvalue weighted by Gasteiger charge is 2.21. The molecule has 0 bridgehead atoms. The van der Waals surface area contributed by atoms with Crippen LogP contribution in [0.2, 0.25) is 0 Å². The second-order valence-corrected chi connectivity index (χ2v) is 6.16. The Morgan fingerprint density at radius 3 is 2.65 bits per heavy atom. The topological polar surface area (TPSA) is 12.9 Å². The lowest BCUT2D eigenvalue weighted by molar-refractivity contribution is 0.371. The van der Waals surface area contributed by atoms with E-state index in [1.54, 1.807) is 0 Å². The van der Waals surface area contributed by atoms with E-state index in [-0.39, 0.29) is 0 Å². The van der Waals surface area contributed by atoms with Gasteiger partial charge < -0.3 is 0 Å². The summed E-state index contributed by atoms with van der Waals surface area (Å²) in [6.07, 6.45) is 16.0. The van der Waals surface area contributed by atoms with Gasteiger partial charge in [0.15, 0.2) is 0 Å². The van der Waals surface area contributed by atoms with Crippen LogP contribution in [-0.4, -0.2) is 4.98 Å². The highest BCUT2D eigenvalue weighted by Crippen LogP contribution is 2.35. The van der Waals surface area contributed by atoms with Gasteiger partial charge in [-0.2, -0.15) is 0 Å². The van der Waals surface area contributed by atoms with E-state index in [9.17, 15) is 0 Å². The zero-order valence-electron chi connectivity index (χ0n) is 12.3. The molecule has 20 heavy (non-hydrogen) atoms. The van der Waals surface area contributed by atoms with E-state index in [0.717, 1.165) is 18.8 Å². The second kappa shape index (κ2) is 8.41. The van der Waals surface area contributed by atoms with Crippen LogP contribution in [0.1, 0.15) is 56.2 Å². The van der Waals surface area contributed by atoms with Gasteiger partial charge in [-0.25, -0.2) is 0 Å². The van der Waals surface area contributed by atoms with E-state index >= 15 is 0 Å². The van der Waals surface area contributed by atoms with Gasteiger partial charge in [0, 0.05) is 17.8 Å². The van der Waals surface area contributed by atoms with Gasteiger partial charge in [-0.1, -0.05) is 40.2 Å². The number of aryl methyl sites for hydroxylation is 1. The van der Waals surface area contributed by atoms with Crippen molar-refractivity contribution in [3.8, 4) is 0 Å². The van der Waals surface area contributed by atoms with Crippen LogP contribution in [0.3, 0.4) is 0 Å². The zero-order chi connectivity index (χ0) is 14.2. The monoisotopic (exact) mass is 333 g/mol. The third-order valence-electron chi connectivity index (χ3n) is 4.22. The Morgan fingerprint density at radius 2 is 2.05 bits per heavy atom. The molecule has 1 aliphatic carbocycles. The molecule has 0 saturated heterocycles. The zero-order valence-corrected chi connectivity index (χ0v) is 13.8. The minimum atomic E-state index is 0.666. The van der Waals surface area contributed by atoms with E-state index in [1.807, 2.05) is 4.99 Å². The molecule has 0 radical (unpaired) electrons. The van der Waals surface area contributed by atoms with Crippen molar-refractivity contribution in [2.45, 2.75) is 51.4 Å². The summed E-state index contributed by atoms with van der Waals surface area (Å²) in [7, 11) is 0. The van der Waals surface area contributed by atoms with Gasteiger partial charge in [-0.05, 0) is 68.0 Å². The highest BCUT2D eigenvalue weighted by atomic mass is 79.9. The van der Waals surface area contributed by atoms with Gasteiger partial charge in [-0.3, -0.25) is 4.98 Å². The fourth-order valence-corrected chi connectivity index (χ4v) is 3.38. The number of allylic oxidation sites excluding steroid dienone is 3. The molecule has 0 aromatic carbocycles. The van der Waals surface area contributed by atoms with Crippen molar-refractivity contribution in [1.82, 2.24) is 4.98 Å². The van der Waals surface area contributed by atoms with Crippen LogP contribution in [-0.2, 0) is 6.42 Å². The molecule has 108 valence electrons. The summed E-state index contributed by atoms with van der Waals surface area (Å²) in [6.45, 7) is 2.07. The molecule has 2 heteroatoms. The van der Waals surface area contributed by atoms with Crippen molar-refractivity contribution < 1.29 is 0 Å². The Morgan fingerprint density at radius 1 is 1.25 bits per heavy atom. The Balaban J connectivity index is 1.87. The maximum absolute atomic E-state index is 4.70. The summed E-state index contributed by atoms with van der Waals surface area (Å²) in [5.41, 5.74) is 2.64. The van der Waals surface area contributed by atoms with Crippen LogP contribution in [0, 0.1) is 5.92 Å². The highest BCUT2D eigenvalue weighted by molar-refractivity contribution is 9.11. The maximum atomic E-state index is 4.70. The van der Waals surface area contributed by atoms with Crippen LogP contribution in [0.5, 0.6) is 0 Å². The smallest absolute Gasteiger partial charge is 0.0434 e. The van der Waals surface area contributed by atoms with E-state index < -0.39 is 0 Å². The van der Waals surface area contributed by atoms with Crippen molar-refractivity contribution in [3.05, 3.63) is 52.8 Å². The second-order valence-electron chi connectivity index (χ2n) is 5.63. The number of halogens is 1. The van der Waals surface area contributed by atoms with E-state index in [4.69, 9.17) is 4.98 Å². The summed E-state index contributed by atoms with van der Waals surface area (Å²) >= 11 is 3.38. The number of pyridine rings is 1. The molecule has 1 saturated carbocycles. The largest absolute Gasteiger partial charge is 0.261 e. The average Bonchev–Trinajstić information content (AvgIpc) is 2.49. The number of hydrogen-bond acceptors (Lipinski definition) is 1. The molecule has 0 unspecified atom stereocenters. The molecule has 1 nitrogen and oxygen atoms in total. The van der Waals surface area contributed by atoms with Crippen LogP contribution in [0.25, 0.3) is 0 Å². The third-order valence-corrected chi connectivity index (χ3v) is 4.52. The van der Waals surface area contributed by atoms with Crippen LogP contribution in [0.4, 0.5) is 0 Å². The molecule has 2 rings (SSSR count). The van der Waals surface area contributed by atoms with Crippen LogP contribution >= 0.6 is 15.9 Å². The number of rotatable bonds is 5. The first-order valence-electron chi connectivity index (χ1n) is 7.66. The predicted octanol–water partition coefficient (Wildman–Crippen LogP) is 5.77. The van der Waals surface area contributed by atoms with Crippen molar-refractivity contribution in [2.75, 3.05) is 0 Å². The Kier molecular flexibility index (Phi) is 6.52. The quantitative estimate of drug-likeness (QED) is 0.623. The molecule has 1 fully saturated rings.